The van der Waals surface area contributed by atoms with Crippen LogP contribution in [0, 0.1) is 5.92 Å². The van der Waals surface area contributed by atoms with E-state index < -0.39 is 15.9 Å². The molecule has 1 saturated heterocycles. The lowest BCUT2D eigenvalue weighted by molar-refractivity contribution is 0.0981. The van der Waals surface area contributed by atoms with Gasteiger partial charge in [-0.15, -0.1) is 11.3 Å². The maximum Gasteiger partial charge on any atom is 0.281 e. The Kier molecular flexibility index (Phi) is 6.13. The van der Waals surface area contributed by atoms with E-state index in [2.05, 4.69) is 50.7 Å². The van der Waals surface area contributed by atoms with Crippen LogP contribution in [-0.4, -0.2) is 41.4 Å². The number of fused-ring (bicyclic) bond motifs is 1. The molecule has 5 rings (SSSR count). The van der Waals surface area contributed by atoms with Gasteiger partial charge < -0.3 is 10.2 Å². The predicted molar refractivity (Wildman–Crippen MR) is 141 cm³/mol. The summed E-state index contributed by atoms with van der Waals surface area (Å²) in [6.45, 7) is 7.11. The van der Waals surface area contributed by atoms with E-state index in [-0.39, 0.29) is 16.1 Å². The second-order valence-electron chi connectivity index (χ2n) is 9.33. The van der Waals surface area contributed by atoms with Gasteiger partial charge in [-0.05, 0) is 68.7 Å². The summed E-state index contributed by atoms with van der Waals surface area (Å²) in [4.78, 5) is 28.2. The summed E-state index contributed by atoms with van der Waals surface area (Å²) in [5.74, 6) is 0.463. The third-order valence-electron chi connectivity index (χ3n) is 6.80. The van der Waals surface area contributed by atoms with Gasteiger partial charge in [0.1, 0.15) is 11.6 Å². The van der Waals surface area contributed by atoms with E-state index in [0.717, 1.165) is 28.9 Å². The average Bonchev–Trinajstić information content (AvgIpc) is 3.42. The fraction of sp³-hybridized carbons (Fsp3) is 0.280. The number of sulfonamides is 1. The molecule has 1 aliphatic heterocycles. The Morgan fingerprint density at radius 3 is 2.75 bits per heavy atom. The molecule has 0 bridgehead atoms. The Labute approximate surface area is 213 Å². The van der Waals surface area contributed by atoms with Crippen LogP contribution in [0.5, 0.6) is 0 Å². The molecule has 1 fully saturated rings. The van der Waals surface area contributed by atoms with Crippen LogP contribution in [0.4, 0.5) is 17.3 Å². The smallest absolute Gasteiger partial charge is 0.281 e. The minimum absolute atomic E-state index is 0.204. The number of anilines is 3. The van der Waals surface area contributed by atoms with Gasteiger partial charge in [0.25, 0.3) is 15.9 Å². The molecule has 1 aliphatic rings. The number of thiazole rings is 1. The number of hydrogen-bond donors (Lipinski definition) is 2. The number of carbonyl (C=O) groups is 1. The standard InChI is InChI=1S/C25H26N6O3S2/c1-16-11-13-31(25(16,2)3)23-18(6-5-12-26-23)24(32)30-36(33,34)22-8-4-7-21(29-22)28-17-9-10-19-20(14-17)35-15-27-19/h4-10,12,14-16H,11,13H2,1-3H3,(H,28,29)(H,30,32). The van der Waals surface area contributed by atoms with Crippen LogP contribution in [0.2, 0.25) is 0 Å². The summed E-state index contributed by atoms with van der Waals surface area (Å²) in [7, 11) is -4.23. The van der Waals surface area contributed by atoms with E-state index in [4.69, 9.17) is 0 Å². The van der Waals surface area contributed by atoms with Crippen molar-refractivity contribution in [3.8, 4) is 0 Å². The first-order chi connectivity index (χ1) is 17.1. The molecule has 0 spiro atoms. The summed E-state index contributed by atoms with van der Waals surface area (Å²) >= 11 is 1.51. The van der Waals surface area contributed by atoms with Crippen LogP contribution in [0.25, 0.3) is 10.2 Å². The van der Waals surface area contributed by atoms with E-state index in [1.165, 1.54) is 17.4 Å². The molecule has 2 N–H and O–H groups in total. The molecule has 0 saturated carbocycles. The molecule has 0 aliphatic carbocycles. The second kappa shape index (κ2) is 9.14. The van der Waals surface area contributed by atoms with E-state index in [1.807, 2.05) is 18.2 Å². The first-order valence-electron chi connectivity index (χ1n) is 11.5. The number of hydrogen-bond acceptors (Lipinski definition) is 9. The molecule has 4 heterocycles. The molecule has 36 heavy (non-hydrogen) atoms. The van der Waals surface area contributed by atoms with Crippen LogP contribution in [0.3, 0.4) is 0 Å². The minimum Gasteiger partial charge on any atom is -0.351 e. The molecule has 186 valence electrons. The van der Waals surface area contributed by atoms with Crippen LogP contribution in [0.15, 0.2) is 65.3 Å². The van der Waals surface area contributed by atoms with Gasteiger partial charge in [-0.2, -0.15) is 8.42 Å². The Morgan fingerprint density at radius 1 is 1.14 bits per heavy atom. The molecule has 0 radical (unpaired) electrons. The number of amides is 1. The molecule has 4 aromatic rings. The fourth-order valence-electron chi connectivity index (χ4n) is 4.34. The largest absolute Gasteiger partial charge is 0.351 e. The van der Waals surface area contributed by atoms with Crippen molar-refractivity contribution in [3.05, 3.63) is 65.8 Å². The molecule has 1 aromatic carbocycles. The van der Waals surface area contributed by atoms with Crippen molar-refractivity contribution in [2.75, 3.05) is 16.8 Å². The predicted octanol–water partition coefficient (Wildman–Crippen LogP) is 4.57. The van der Waals surface area contributed by atoms with Gasteiger partial charge in [-0.25, -0.2) is 19.7 Å². The van der Waals surface area contributed by atoms with E-state index in [0.29, 0.717) is 17.6 Å². The number of aromatic nitrogens is 3. The van der Waals surface area contributed by atoms with Gasteiger partial charge in [0.2, 0.25) is 0 Å². The molecule has 1 atom stereocenters. The van der Waals surface area contributed by atoms with E-state index in [1.54, 1.807) is 36.0 Å². The van der Waals surface area contributed by atoms with E-state index >= 15 is 0 Å². The summed E-state index contributed by atoms with van der Waals surface area (Å²) in [5.41, 5.74) is 3.39. The molecule has 11 heteroatoms. The zero-order chi connectivity index (χ0) is 25.5. The molecule has 1 amide bonds. The topological polar surface area (TPSA) is 117 Å². The van der Waals surface area contributed by atoms with Crippen molar-refractivity contribution < 1.29 is 13.2 Å². The van der Waals surface area contributed by atoms with Crippen molar-refractivity contribution in [1.82, 2.24) is 19.7 Å². The highest BCUT2D eigenvalue weighted by molar-refractivity contribution is 7.90. The second-order valence-corrected chi connectivity index (χ2v) is 11.8. The maximum atomic E-state index is 13.2. The Bertz CT molecular complexity index is 1550. The number of pyridine rings is 2. The normalized spacial score (nSPS) is 17.3. The van der Waals surface area contributed by atoms with Crippen molar-refractivity contribution >= 4 is 54.8 Å². The lowest BCUT2D eigenvalue weighted by Gasteiger charge is -2.36. The number of benzene rings is 1. The Hall–Kier alpha value is -3.57. The number of rotatable bonds is 6. The van der Waals surface area contributed by atoms with Crippen molar-refractivity contribution in [3.63, 3.8) is 0 Å². The summed E-state index contributed by atoms with van der Waals surface area (Å²) < 4.78 is 29.4. The van der Waals surface area contributed by atoms with Gasteiger partial charge >= 0.3 is 0 Å². The lowest BCUT2D eigenvalue weighted by Crippen LogP contribution is -2.43. The fourth-order valence-corrected chi connectivity index (χ4v) is 5.99. The maximum absolute atomic E-state index is 13.2. The molecular weight excluding hydrogens is 496 g/mol. The number of nitrogens with zero attached hydrogens (tertiary/aromatic N) is 4. The van der Waals surface area contributed by atoms with Crippen LogP contribution >= 0.6 is 11.3 Å². The van der Waals surface area contributed by atoms with Gasteiger partial charge in [-0.3, -0.25) is 4.79 Å². The first-order valence-corrected chi connectivity index (χ1v) is 13.9. The van der Waals surface area contributed by atoms with Gasteiger partial charge in [0, 0.05) is 24.0 Å². The Morgan fingerprint density at radius 2 is 1.97 bits per heavy atom. The number of nitrogens with one attached hydrogen (secondary N) is 2. The zero-order valence-corrected chi connectivity index (χ0v) is 21.7. The molecular formula is C25H26N6O3S2. The summed E-state index contributed by atoms with van der Waals surface area (Å²) in [5, 5.41) is 2.85. The number of carbonyl (C=O) groups excluding carboxylic acids is 1. The third-order valence-corrected chi connectivity index (χ3v) is 8.83. The van der Waals surface area contributed by atoms with Crippen molar-refractivity contribution in [2.24, 2.45) is 5.92 Å². The first kappa shape index (κ1) is 24.1. The summed E-state index contributed by atoms with van der Waals surface area (Å²) in [6.07, 6.45) is 2.57. The van der Waals surface area contributed by atoms with Crippen molar-refractivity contribution in [2.45, 2.75) is 37.8 Å². The van der Waals surface area contributed by atoms with Crippen LogP contribution in [0.1, 0.15) is 37.6 Å². The zero-order valence-electron chi connectivity index (χ0n) is 20.1. The highest BCUT2D eigenvalue weighted by Gasteiger charge is 2.40. The monoisotopic (exact) mass is 522 g/mol. The van der Waals surface area contributed by atoms with Gasteiger partial charge in [0.15, 0.2) is 5.03 Å². The van der Waals surface area contributed by atoms with Gasteiger partial charge in [-0.1, -0.05) is 13.0 Å². The SMILES string of the molecule is CC1CCN(c2ncccc2C(=O)NS(=O)(=O)c2cccc(Nc3ccc4ncsc4c3)n2)C1(C)C. The summed E-state index contributed by atoms with van der Waals surface area (Å²) in [6, 6.07) is 13.4. The van der Waals surface area contributed by atoms with Crippen LogP contribution < -0.4 is 14.9 Å². The van der Waals surface area contributed by atoms with E-state index in [9.17, 15) is 13.2 Å². The highest BCUT2D eigenvalue weighted by Crippen LogP contribution is 2.38. The molecule has 9 nitrogen and oxygen atoms in total. The lowest BCUT2D eigenvalue weighted by atomic mass is 9.90. The van der Waals surface area contributed by atoms with Crippen molar-refractivity contribution in [1.29, 1.82) is 0 Å². The third kappa shape index (κ3) is 4.51. The van der Waals surface area contributed by atoms with Crippen LogP contribution in [-0.2, 0) is 10.0 Å². The average molecular weight is 523 g/mol. The van der Waals surface area contributed by atoms with Gasteiger partial charge in [0.05, 0.1) is 21.3 Å². The molecule has 3 aromatic heterocycles. The quantitative estimate of drug-likeness (QED) is 0.378. The minimum atomic E-state index is -4.23. The highest BCUT2D eigenvalue weighted by atomic mass is 32.2. The Balaban J connectivity index is 1.38. The molecule has 1 unspecified atom stereocenters.